The van der Waals surface area contributed by atoms with E-state index >= 15 is 0 Å². The molecule has 0 aliphatic carbocycles. The molecule has 2 aromatic carbocycles. The van der Waals surface area contributed by atoms with Crippen LogP contribution < -0.4 is 5.32 Å². The van der Waals surface area contributed by atoms with Crippen molar-refractivity contribution in [3.8, 4) is 11.3 Å². The second-order valence-electron chi connectivity index (χ2n) is 5.62. The van der Waals surface area contributed by atoms with Crippen LogP contribution in [-0.4, -0.2) is 15.3 Å². The van der Waals surface area contributed by atoms with Gasteiger partial charge in [0.15, 0.2) is 4.96 Å². The highest BCUT2D eigenvalue weighted by atomic mass is 32.1. The maximum absolute atomic E-state index is 13.0. The lowest BCUT2D eigenvalue weighted by Crippen LogP contribution is -2.11. The minimum absolute atomic E-state index is 0.221. The van der Waals surface area contributed by atoms with Gasteiger partial charge in [-0.3, -0.25) is 9.20 Å². The van der Waals surface area contributed by atoms with Crippen LogP contribution in [0.4, 0.5) is 10.1 Å². The number of hydrogen-bond donors (Lipinski definition) is 1. The average Bonchev–Trinajstić information content (AvgIpc) is 3.17. The second-order valence-corrected chi connectivity index (χ2v) is 6.60. The van der Waals surface area contributed by atoms with E-state index in [9.17, 15) is 9.18 Å². The average molecular weight is 351 g/mol. The minimum atomic E-state index is -0.336. The molecule has 0 atom stereocenters. The van der Waals surface area contributed by atoms with E-state index in [1.54, 1.807) is 0 Å². The summed E-state index contributed by atoms with van der Waals surface area (Å²) in [4.78, 5) is 18.5. The summed E-state index contributed by atoms with van der Waals surface area (Å²) in [5.41, 5.74) is 3.30. The third-order valence-corrected chi connectivity index (χ3v) is 5.09. The highest BCUT2D eigenvalue weighted by Crippen LogP contribution is 2.27. The number of thiazole rings is 1. The van der Waals surface area contributed by atoms with Crippen LogP contribution in [0.1, 0.15) is 15.4 Å². The number of aromatic nitrogens is 2. The first-order valence-corrected chi connectivity index (χ1v) is 8.54. The Morgan fingerprint density at radius 3 is 2.52 bits per heavy atom. The summed E-state index contributed by atoms with van der Waals surface area (Å²) in [6.45, 7) is 1.89. The van der Waals surface area contributed by atoms with Gasteiger partial charge in [-0.15, -0.1) is 0 Å². The Morgan fingerprint density at radius 2 is 1.84 bits per heavy atom. The van der Waals surface area contributed by atoms with Crippen LogP contribution >= 0.6 is 11.3 Å². The molecule has 1 N–H and O–H groups in total. The summed E-state index contributed by atoms with van der Waals surface area (Å²) < 4.78 is 14.9. The zero-order valence-electron chi connectivity index (χ0n) is 13.4. The normalized spacial score (nSPS) is 11.0. The summed E-state index contributed by atoms with van der Waals surface area (Å²) in [7, 11) is 0. The zero-order chi connectivity index (χ0) is 17.4. The van der Waals surface area contributed by atoms with Crippen LogP contribution in [0.3, 0.4) is 0 Å². The lowest BCUT2D eigenvalue weighted by Gasteiger charge is -2.04. The number of nitrogens with zero attached hydrogens (tertiary/aromatic N) is 2. The van der Waals surface area contributed by atoms with E-state index in [2.05, 4.69) is 10.3 Å². The third kappa shape index (κ3) is 2.92. The number of imidazole rings is 1. The Kier molecular flexibility index (Phi) is 3.82. The predicted molar refractivity (Wildman–Crippen MR) is 97.6 cm³/mol. The highest BCUT2D eigenvalue weighted by Gasteiger charge is 2.18. The van der Waals surface area contributed by atoms with Gasteiger partial charge in [-0.25, -0.2) is 9.37 Å². The molecule has 124 valence electrons. The zero-order valence-corrected chi connectivity index (χ0v) is 14.2. The van der Waals surface area contributed by atoms with Crippen molar-refractivity contribution in [1.82, 2.24) is 9.38 Å². The molecular formula is C19H14FN3OS. The fourth-order valence-corrected chi connectivity index (χ4v) is 3.63. The van der Waals surface area contributed by atoms with Gasteiger partial charge in [-0.05, 0) is 31.2 Å². The van der Waals surface area contributed by atoms with Gasteiger partial charge >= 0.3 is 0 Å². The lowest BCUT2D eigenvalue weighted by molar-refractivity contribution is 0.102. The molecule has 2 aromatic heterocycles. The van der Waals surface area contributed by atoms with E-state index in [0.717, 1.165) is 21.9 Å². The van der Waals surface area contributed by atoms with Gasteiger partial charge in [0.1, 0.15) is 10.7 Å². The summed E-state index contributed by atoms with van der Waals surface area (Å²) in [6.07, 6.45) is 1.94. The number of carbonyl (C=O) groups excluding carboxylic acids is 1. The summed E-state index contributed by atoms with van der Waals surface area (Å²) in [6, 6.07) is 15.6. The second kappa shape index (κ2) is 6.14. The lowest BCUT2D eigenvalue weighted by atomic mass is 10.2. The Balaban J connectivity index is 1.64. The molecule has 0 unspecified atom stereocenters. The van der Waals surface area contributed by atoms with Gasteiger partial charge in [-0.1, -0.05) is 41.7 Å². The molecule has 0 saturated heterocycles. The number of nitrogens with one attached hydrogen (secondary N) is 1. The number of aryl methyl sites for hydroxylation is 1. The van der Waals surface area contributed by atoms with Gasteiger partial charge in [0.05, 0.1) is 5.69 Å². The van der Waals surface area contributed by atoms with E-state index < -0.39 is 0 Å². The van der Waals surface area contributed by atoms with Gasteiger partial charge in [0, 0.05) is 23.1 Å². The number of fused-ring (bicyclic) bond motifs is 1. The van der Waals surface area contributed by atoms with Crippen LogP contribution in [0.25, 0.3) is 16.2 Å². The number of halogens is 1. The molecule has 2 heterocycles. The molecule has 25 heavy (non-hydrogen) atoms. The number of amides is 1. The Labute approximate surface area is 147 Å². The predicted octanol–water partition coefficient (Wildman–Crippen LogP) is 4.76. The molecule has 0 spiro atoms. The smallest absolute Gasteiger partial charge is 0.267 e. The first kappa shape index (κ1) is 15.5. The molecule has 0 saturated carbocycles. The van der Waals surface area contributed by atoms with Crippen LogP contribution in [0, 0.1) is 12.7 Å². The van der Waals surface area contributed by atoms with Crippen LogP contribution in [0.5, 0.6) is 0 Å². The largest absolute Gasteiger partial charge is 0.321 e. The fourth-order valence-electron chi connectivity index (χ4n) is 2.63. The number of carbonyl (C=O) groups is 1. The number of rotatable bonds is 3. The quantitative estimate of drug-likeness (QED) is 0.578. The van der Waals surface area contributed by atoms with E-state index in [0.29, 0.717) is 10.6 Å². The third-order valence-electron chi connectivity index (χ3n) is 3.93. The minimum Gasteiger partial charge on any atom is -0.321 e. The molecular weight excluding hydrogens is 337 g/mol. The van der Waals surface area contributed by atoms with E-state index in [1.807, 2.05) is 47.9 Å². The monoisotopic (exact) mass is 351 g/mol. The van der Waals surface area contributed by atoms with Gasteiger partial charge in [0.2, 0.25) is 0 Å². The van der Waals surface area contributed by atoms with Crippen molar-refractivity contribution in [1.29, 1.82) is 0 Å². The number of benzene rings is 2. The van der Waals surface area contributed by atoms with E-state index in [-0.39, 0.29) is 11.7 Å². The Hall–Kier alpha value is -2.99. The molecule has 0 aliphatic heterocycles. The Morgan fingerprint density at radius 1 is 1.12 bits per heavy atom. The maximum Gasteiger partial charge on any atom is 0.267 e. The topological polar surface area (TPSA) is 46.4 Å². The molecule has 1 amide bonds. The van der Waals surface area contributed by atoms with Crippen molar-refractivity contribution in [3.63, 3.8) is 0 Å². The molecule has 4 aromatic rings. The SMILES string of the molecule is Cc1c(C(=O)Nc2ccc(F)cc2)sc2nc(-c3ccccc3)cn12. The van der Waals surface area contributed by atoms with Crippen molar-refractivity contribution in [2.75, 3.05) is 5.32 Å². The van der Waals surface area contributed by atoms with Crippen molar-refractivity contribution in [2.45, 2.75) is 6.92 Å². The van der Waals surface area contributed by atoms with Crippen LogP contribution in [0.2, 0.25) is 0 Å². The van der Waals surface area contributed by atoms with Crippen molar-refractivity contribution in [2.24, 2.45) is 0 Å². The molecule has 0 bridgehead atoms. The molecule has 0 aliphatic rings. The fraction of sp³-hybridized carbons (Fsp3) is 0.0526. The van der Waals surface area contributed by atoms with E-state index in [1.165, 1.54) is 35.6 Å². The Bertz CT molecular complexity index is 1050. The van der Waals surface area contributed by atoms with Gasteiger partial charge in [-0.2, -0.15) is 0 Å². The van der Waals surface area contributed by atoms with Crippen LogP contribution in [-0.2, 0) is 0 Å². The van der Waals surface area contributed by atoms with Crippen molar-refractivity contribution >= 4 is 27.9 Å². The summed E-state index contributed by atoms with van der Waals surface area (Å²) in [5, 5.41) is 2.79. The van der Waals surface area contributed by atoms with Crippen molar-refractivity contribution < 1.29 is 9.18 Å². The van der Waals surface area contributed by atoms with Crippen LogP contribution in [0.15, 0.2) is 60.8 Å². The number of hydrogen-bond acceptors (Lipinski definition) is 3. The van der Waals surface area contributed by atoms with Gasteiger partial charge < -0.3 is 5.32 Å². The summed E-state index contributed by atoms with van der Waals surface area (Å²) >= 11 is 1.34. The molecule has 0 fully saturated rings. The molecule has 6 heteroatoms. The van der Waals surface area contributed by atoms with E-state index in [4.69, 9.17) is 0 Å². The molecule has 4 nitrogen and oxygen atoms in total. The number of anilines is 1. The maximum atomic E-state index is 13.0. The first-order chi connectivity index (χ1) is 12.1. The highest BCUT2D eigenvalue weighted by molar-refractivity contribution is 7.19. The van der Waals surface area contributed by atoms with Gasteiger partial charge in [0.25, 0.3) is 5.91 Å². The summed E-state index contributed by atoms with van der Waals surface area (Å²) in [5.74, 6) is -0.557. The molecule has 0 radical (unpaired) electrons. The standard InChI is InChI=1S/C19H14FN3OS/c1-12-17(18(24)21-15-9-7-14(20)8-10-15)25-19-22-16(11-23(12)19)13-5-3-2-4-6-13/h2-11H,1H3,(H,21,24). The molecule has 4 rings (SSSR count). The first-order valence-electron chi connectivity index (χ1n) is 7.72. The van der Waals surface area contributed by atoms with Crippen molar-refractivity contribution in [3.05, 3.63) is 77.2 Å².